The number of hydrogen-bond acceptors (Lipinski definition) is 9. The standard InChI is InChI=1S/C46H66F2N4O5SSi2/c1-16-56-44-39-42(50-45(58(15)54)51-43(39)52-20-21-55-26-46(14,53)25-52)40(48)41(49-44)36-24-34(57-60(30(8)9,31(10)11)32(12)13)23-33-17-18-37(47)35(38(33)36)19-22-59(27(2)3,28(4)5)29(6)7/h17-18,23-24,27-32,53H,16,20-21,25-26H2,1-15H3/t46-,58?/m0/s1. The highest BCUT2D eigenvalue weighted by molar-refractivity contribution is 7.90. The molecule has 3 heterocycles. The van der Waals surface area contributed by atoms with E-state index < -0.39 is 44.8 Å². The van der Waals surface area contributed by atoms with Gasteiger partial charge >= 0.3 is 5.16 Å². The number of ether oxygens (including phenoxy) is 2. The van der Waals surface area contributed by atoms with Crippen LogP contribution in [0.5, 0.6) is 11.6 Å². The second-order valence-electron chi connectivity index (χ2n) is 18.5. The van der Waals surface area contributed by atoms with Crippen LogP contribution < -0.4 is 14.1 Å². The third kappa shape index (κ3) is 8.95. The summed E-state index contributed by atoms with van der Waals surface area (Å²) in [6, 6.07) is 6.82. The van der Waals surface area contributed by atoms with E-state index in [2.05, 4.69) is 105 Å². The van der Waals surface area contributed by atoms with Gasteiger partial charge in [0.1, 0.15) is 48.1 Å². The molecule has 5 rings (SSSR count). The van der Waals surface area contributed by atoms with Crippen molar-refractivity contribution in [1.82, 2.24) is 15.0 Å². The summed E-state index contributed by atoms with van der Waals surface area (Å²) in [6.07, 6.45) is 1.43. The SMILES string of the molecule is CCOc1nc(-c2cc(O[Si](C(C)C)(C(C)C)C(C)C)cc3ccc(F)c(C#C[Si](C(C)C)(C(C)C)C(C)C)c23)c(F)c2nc([S+](C)[O-])nc(N3CCOC[C@@](C)(O)C3)c12. The number of hydrogen-bond donors (Lipinski definition) is 1. The average molecular weight is 881 g/mol. The molecule has 0 bridgehead atoms. The van der Waals surface area contributed by atoms with Crippen molar-refractivity contribution >= 4 is 55.1 Å². The summed E-state index contributed by atoms with van der Waals surface area (Å²) in [7, 11) is -4.90. The van der Waals surface area contributed by atoms with Crippen molar-refractivity contribution in [2.45, 2.75) is 141 Å². The van der Waals surface area contributed by atoms with Crippen LogP contribution in [0.25, 0.3) is 32.9 Å². The first kappa shape index (κ1) is 47.7. The summed E-state index contributed by atoms with van der Waals surface area (Å²) in [5.41, 5.74) is 4.19. The topological polar surface area (TPSA) is 113 Å². The number of benzene rings is 2. The van der Waals surface area contributed by atoms with E-state index in [1.54, 1.807) is 30.9 Å². The summed E-state index contributed by atoms with van der Waals surface area (Å²) in [5, 5.41) is 12.3. The second kappa shape index (κ2) is 18.6. The lowest BCUT2D eigenvalue weighted by Crippen LogP contribution is -2.50. The Morgan fingerprint density at radius 2 is 1.53 bits per heavy atom. The Bertz CT molecular complexity index is 2210. The maximum atomic E-state index is 18.0. The number of β-amino-alcohol motifs (C(OH)–C–C–N with tert-alkyl or cyclic N) is 1. The molecule has 0 radical (unpaired) electrons. The van der Waals surface area contributed by atoms with Crippen LogP contribution in [0.15, 0.2) is 29.4 Å². The first-order valence-corrected chi connectivity index (χ1v) is 27.4. The predicted molar refractivity (Wildman–Crippen MR) is 247 cm³/mol. The monoisotopic (exact) mass is 880 g/mol. The van der Waals surface area contributed by atoms with Gasteiger partial charge in [-0.2, -0.15) is 9.97 Å². The van der Waals surface area contributed by atoms with Crippen molar-refractivity contribution < 1.29 is 32.3 Å². The van der Waals surface area contributed by atoms with Crippen LogP contribution in [0.4, 0.5) is 14.6 Å². The Morgan fingerprint density at radius 1 is 0.917 bits per heavy atom. The van der Waals surface area contributed by atoms with Gasteiger partial charge in [-0.3, -0.25) is 0 Å². The van der Waals surface area contributed by atoms with Crippen molar-refractivity contribution in [3.05, 3.63) is 41.5 Å². The van der Waals surface area contributed by atoms with Crippen LogP contribution in [-0.4, -0.2) is 85.8 Å². The fourth-order valence-corrected chi connectivity index (χ4v) is 20.9. The number of rotatable bonds is 13. The number of aromatic nitrogens is 3. The van der Waals surface area contributed by atoms with Crippen molar-refractivity contribution in [2.75, 3.05) is 44.1 Å². The Labute approximate surface area is 361 Å². The van der Waals surface area contributed by atoms with Gasteiger partial charge < -0.3 is 28.5 Å². The van der Waals surface area contributed by atoms with Gasteiger partial charge in [0, 0.05) is 28.7 Å². The number of pyridine rings is 1. The number of aliphatic hydroxyl groups is 1. The van der Waals surface area contributed by atoms with Gasteiger partial charge in [0.2, 0.25) is 5.88 Å². The smallest absolute Gasteiger partial charge is 0.345 e. The number of halogens is 2. The highest BCUT2D eigenvalue weighted by Crippen LogP contribution is 2.47. The molecule has 1 saturated heterocycles. The minimum Gasteiger partial charge on any atom is -0.609 e. The van der Waals surface area contributed by atoms with Crippen LogP contribution in [0, 0.1) is 23.1 Å². The van der Waals surface area contributed by atoms with Crippen molar-refractivity contribution in [1.29, 1.82) is 0 Å². The quantitative estimate of drug-likeness (QED) is 0.0607. The van der Waals surface area contributed by atoms with Crippen LogP contribution >= 0.6 is 0 Å². The van der Waals surface area contributed by atoms with Crippen molar-refractivity contribution in [3.8, 4) is 34.4 Å². The second-order valence-corrected chi connectivity index (χ2v) is 30.8. The lowest BCUT2D eigenvalue weighted by Gasteiger charge is -2.42. The molecular weight excluding hydrogens is 815 g/mol. The fraction of sp³-hybridized carbons (Fsp3) is 0.587. The van der Waals surface area contributed by atoms with Gasteiger partial charge in [0.15, 0.2) is 11.6 Å². The van der Waals surface area contributed by atoms with Crippen molar-refractivity contribution in [2.24, 2.45) is 0 Å². The first-order chi connectivity index (χ1) is 28.0. The van der Waals surface area contributed by atoms with Gasteiger partial charge in [0.05, 0.1) is 31.9 Å². The normalized spacial score (nSPS) is 17.4. The molecule has 1 N–H and O–H groups in total. The highest BCUT2D eigenvalue weighted by Gasteiger charge is 2.47. The first-order valence-electron chi connectivity index (χ1n) is 21.4. The molecule has 0 saturated carbocycles. The number of nitrogens with zero attached hydrogens (tertiary/aromatic N) is 4. The molecule has 1 unspecified atom stereocenters. The summed E-state index contributed by atoms with van der Waals surface area (Å²) in [4.78, 5) is 15.9. The molecule has 0 amide bonds. The lowest BCUT2D eigenvalue weighted by atomic mass is 9.95. The largest absolute Gasteiger partial charge is 0.609 e. The van der Waals surface area contributed by atoms with E-state index in [4.69, 9.17) is 18.9 Å². The summed E-state index contributed by atoms with van der Waals surface area (Å²) >= 11 is -1.72. The van der Waals surface area contributed by atoms with E-state index in [-0.39, 0.29) is 87.6 Å². The molecule has 1 fully saturated rings. The average Bonchev–Trinajstić information content (AvgIpc) is 3.34. The van der Waals surface area contributed by atoms with Crippen LogP contribution in [-0.2, 0) is 15.9 Å². The van der Waals surface area contributed by atoms with Crippen LogP contribution in [0.2, 0.25) is 33.2 Å². The minimum absolute atomic E-state index is 0.0433. The summed E-state index contributed by atoms with van der Waals surface area (Å²) < 4.78 is 66.9. The molecule has 0 aliphatic carbocycles. The van der Waals surface area contributed by atoms with Crippen LogP contribution in [0.1, 0.15) is 102 Å². The minimum atomic E-state index is -2.55. The third-order valence-electron chi connectivity index (χ3n) is 12.6. The molecular formula is C46H66F2N4O5SSi2. The molecule has 1 aliphatic rings. The van der Waals surface area contributed by atoms with Gasteiger partial charge in [-0.05, 0) is 70.7 Å². The Morgan fingerprint density at radius 3 is 2.08 bits per heavy atom. The van der Waals surface area contributed by atoms with Gasteiger partial charge in [-0.25, -0.2) is 13.8 Å². The molecule has 60 heavy (non-hydrogen) atoms. The summed E-state index contributed by atoms with van der Waals surface area (Å²) in [6.45, 7) is 30.8. The Kier molecular flexibility index (Phi) is 14.8. The zero-order valence-corrected chi connectivity index (χ0v) is 41.2. The number of anilines is 1. The third-order valence-corrected chi connectivity index (χ3v) is 25.6. The maximum absolute atomic E-state index is 18.0. The molecule has 14 heteroatoms. The fourth-order valence-electron chi connectivity index (χ4n) is 10.0. The predicted octanol–water partition coefficient (Wildman–Crippen LogP) is 11.0. The molecule has 9 nitrogen and oxygen atoms in total. The molecule has 4 aromatic rings. The number of fused-ring (bicyclic) bond motifs is 2. The Balaban J connectivity index is 1.98. The van der Waals surface area contributed by atoms with E-state index in [0.717, 1.165) is 0 Å². The molecule has 2 aromatic carbocycles. The van der Waals surface area contributed by atoms with Gasteiger partial charge in [0.25, 0.3) is 8.32 Å². The summed E-state index contributed by atoms with van der Waals surface area (Å²) in [5.74, 6) is 2.83. The van der Waals surface area contributed by atoms with E-state index >= 15 is 8.78 Å². The van der Waals surface area contributed by atoms with Gasteiger partial charge in [-0.1, -0.05) is 95.1 Å². The van der Waals surface area contributed by atoms with E-state index in [1.807, 2.05) is 6.07 Å². The molecule has 2 atom stereocenters. The maximum Gasteiger partial charge on any atom is 0.345 e. The molecule has 328 valence electrons. The zero-order valence-electron chi connectivity index (χ0n) is 38.3. The molecule has 0 spiro atoms. The lowest BCUT2D eigenvalue weighted by molar-refractivity contribution is -0.0123. The van der Waals surface area contributed by atoms with E-state index in [0.29, 0.717) is 39.7 Å². The zero-order chi connectivity index (χ0) is 44.6. The van der Waals surface area contributed by atoms with Crippen molar-refractivity contribution in [3.63, 3.8) is 0 Å². The highest BCUT2D eigenvalue weighted by atomic mass is 32.2. The Hall–Kier alpha value is -3.33. The molecule has 2 aromatic heterocycles. The van der Waals surface area contributed by atoms with E-state index in [9.17, 15) is 9.66 Å². The van der Waals surface area contributed by atoms with Crippen LogP contribution in [0.3, 0.4) is 0 Å². The van der Waals surface area contributed by atoms with E-state index in [1.165, 1.54) is 12.3 Å². The van der Waals surface area contributed by atoms with Gasteiger partial charge in [-0.15, -0.1) is 5.54 Å². The molecule has 1 aliphatic heterocycles.